The first kappa shape index (κ1) is 19.3. The van der Waals surface area contributed by atoms with Crippen LogP contribution in [0.1, 0.15) is 38.1 Å². The van der Waals surface area contributed by atoms with Gasteiger partial charge in [0.05, 0.1) is 18.8 Å². The highest BCUT2D eigenvalue weighted by Gasteiger charge is 2.48. The van der Waals surface area contributed by atoms with Crippen LogP contribution in [0.5, 0.6) is 0 Å². The zero-order valence-corrected chi connectivity index (χ0v) is 15.5. The minimum absolute atomic E-state index is 0.199. The van der Waals surface area contributed by atoms with Crippen LogP contribution in [-0.2, 0) is 23.7 Å². The largest absolute Gasteiger partial charge is 0.453 e. The third-order valence-corrected chi connectivity index (χ3v) is 4.40. The maximum Gasteiger partial charge on any atom is 0.338 e. The first-order valence-corrected chi connectivity index (χ1v) is 8.74. The highest BCUT2D eigenvalue weighted by Crippen LogP contribution is 2.31. The minimum atomic E-state index is -1.12. The number of carbonyl (C=O) groups excluding carboxylic acids is 1. The summed E-state index contributed by atoms with van der Waals surface area (Å²) in [4.78, 5) is 12.5. The van der Waals surface area contributed by atoms with E-state index in [1.54, 1.807) is 52.0 Å². The number of aliphatic hydroxyl groups excluding tert-OH is 1. The molecule has 2 heterocycles. The Morgan fingerprint density at radius 2 is 1.58 bits per heavy atom. The third kappa shape index (κ3) is 4.42. The second-order valence-corrected chi connectivity index (χ2v) is 7.46. The Bertz CT molecular complexity index is 628. The Morgan fingerprint density at radius 3 is 2.08 bits per heavy atom. The van der Waals surface area contributed by atoms with Crippen molar-refractivity contribution in [2.45, 2.75) is 63.7 Å². The molecule has 1 aromatic rings. The lowest BCUT2D eigenvalue weighted by Crippen LogP contribution is -2.49. The molecule has 0 amide bonds. The standard InChI is InChI=1S/C19H26O7/c1-18(2)22-10-13(25-18)15(20)16(14-11-23-19(3,4)26-14)24-17(21)12-8-6-5-7-9-12/h5-9,13-16,20H,10-11H2,1-4H3. The summed E-state index contributed by atoms with van der Waals surface area (Å²) in [6, 6.07) is 8.61. The second-order valence-electron chi connectivity index (χ2n) is 7.46. The van der Waals surface area contributed by atoms with E-state index in [9.17, 15) is 9.90 Å². The van der Waals surface area contributed by atoms with E-state index in [4.69, 9.17) is 23.7 Å². The summed E-state index contributed by atoms with van der Waals surface area (Å²) >= 11 is 0. The summed E-state index contributed by atoms with van der Waals surface area (Å²) in [5.41, 5.74) is 0.395. The van der Waals surface area contributed by atoms with Crippen molar-refractivity contribution in [1.29, 1.82) is 0 Å². The molecule has 0 saturated carbocycles. The van der Waals surface area contributed by atoms with Crippen molar-refractivity contribution in [1.82, 2.24) is 0 Å². The molecule has 2 aliphatic heterocycles. The van der Waals surface area contributed by atoms with Gasteiger partial charge in [0, 0.05) is 0 Å². The van der Waals surface area contributed by atoms with Crippen molar-refractivity contribution in [3.63, 3.8) is 0 Å². The van der Waals surface area contributed by atoms with Crippen LogP contribution in [0, 0.1) is 0 Å². The monoisotopic (exact) mass is 366 g/mol. The van der Waals surface area contributed by atoms with Gasteiger partial charge in [-0.1, -0.05) is 18.2 Å². The van der Waals surface area contributed by atoms with Gasteiger partial charge in [-0.2, -0.15) is 0 Å². The number of hydrogen-bond acceptors (Lipinski definition) is 7. The van der Waals surface area contributed by atoms with E-state index in [0.717, 1.165) is 0 Å². The molecular formula is C19H26O7. The highest BCUT2D eigenvalue weighted by atomic mass is 16.8. The topological polar surface area (TPSA) is 83.5 Å². The quantitative estimate of drug-likeness (QED) is 0.797. The zero-order chi connectivity index (χ0) is 18.9. The van der Waals surface area contributed by atoms with E-state index in [0.29, 0.717) is 5.56 Å². The maximum atomic E-state index is 12.5. The van der Waals surface area contributed by atoms with Crippen molar-refractivity contribution >= 4 is 5.97 Å². The van der Waals surface area contributed by atoms with E-state index >= 15 is 0 Å². The Morgan fingerprint density at radius 1 is 1.04 bits per heavy atom. The zero-order valence-electron chi connectivity index (χ0n) is 15.5. The summed E-state index contributed by atoms with van der Waals surface area (Å²) in [7, 11) is 0. The van der Waals surface area contributed by atoms with E-state index in [1.807, 2.05) is 6.07 Å². The molecule has 1 aromatic carbocycles. The first-order valence-electron chi connectivity index (χ1n) is 8.74. The van der Waals surface area contributed by atoms with Crippen molar-refractivity contribution in [2.24, 2.45) is 0 Å². The average Bonchev–Trinajstić information content (AvgIpc) is 3.14. The molecule has 1 N–H and O–H groups in total. The van der Waals surface area contributed by atoms with Crippen LogP contribution in [0.25, 0.3) is 0 Å². The van der Waals surface area contributed by atoms with Gasteiger partial charge in [0.15, 0.2) is 17.7 Å². The van der Waals surface area contributed by atoms with E-state index in [1.165, 1.54) is 0 Å². The molecular weight excluding hydrogens is 340 g/mol. The molecule has 2 fully saturated rings. The van der Waals surface area contributed by atoms with E-state index < -0.39 is 42.0 Å². The van der Waals surface area contributed by atoms with Gasteiger partial charge in [0.25, 0.3) is 0 Å². The molecule has 2 aliphatic rings. The van der Waals surface area contributed by atoms with Crippen LogP contribution < -0.4 is 0 Å². The first-order chi connectivity index (χ1) is 12.2. The molecule has 7 heteroatoms. The lowest BCUT2D eigenvalue weighted by Gasteiger charge is -2.31. The summed E-state index contributed by atoms with van der Waals surface area (Å²) in [6.45, 7) is 7.48. The number of rotatable bonds is 5. The van der Waals surface area contributed by atoms with Gasteiger partial charge in [-0.05, 0) is 39.8 Å². The van der Waals surface area contributed by atoms with Crippen molar-refractivity contribution in [3.8, 4) is 0 Å². The fourth-order valence-electron chi connectivity index (χ4n) is 3.10. The summed E-state index contributed by atoms with van der Waals surface area (Å²) in [6.07, 6.45) is -3.32. The number of esters is 1. The fourth-order valence-corrected chi connectivity index (χ4v) is 3.10. The van der Waals surface area contributed by atoms with Crippen molar-refractivity contribution < 1.29 is 33.6 Å². The number of benzene rings is 1. The van der Waals surface area contributed by atoms with Gasteiger partial charge in [0.2, 0.25) is 0 Å². The molecule has 3 rings (SSSR count). The second kappa shape index (κ2) is 7.25. The lowest BCUT2D eigenvalue weighted by molar-refractivity contribution is -0.184. The van der Waals surface area contributed by atoms with Crippen LogP contribution >= 0.6 is 0 Å². The Kier molecular flexibility index (Phi) is 5.37. The molecule has 4 atom stereocenters. The van der Waals surface area contributed by atoms with Gasteiger partial charge >= 0.3 is 5.97 Å². The highest BCUT2D eigenvalue weighted by molar-refractivity contribution is 5.89. The molecule has 0 aliphatic carbocycles. The summed E-state index contributed by atoms with van der Waals surface area (Å²) in [5, 5.41) is 10.8. The molecule has 4 unspecified atom stereocenters. The molecule has 0 radical (unpaired) electrons. The predicted molar refractivity (Wildman–Crippen MR) is 91.5 cm³/mol. The number of aliphatic hydroxyl groups is 1. The Labute approximate surface area is 153 Å². The van der Waals surface area contributed by atoms with Gasteiger partial charge in [-0.15, -0.1) is 0 Å². The summed E-state index contributed by atoms with van der Waals surface area (Å²) in [5.74, 6) is -2.15. The smallest absolute Gasteiger partial charge is 0.338 e. The minimum Gasteiger partial charge on any atom is -0.453 e. The van der Waals surface area contributed by atoms with Gasteiger partial charge < -0.3 is 28.8 Å². The normalized spacial score (nSPS) is 29.3. The molecule has 0 spiro atoms. The molecule has 0 bridgehead atoms. The molecule has 7 nitrogen and oxygen atoms in total. The van der Waals surface area contributed by atoms with Crippen LogP contribution in [0.3, 0.4) is 0 Å². The number of hydrogen-bond donors (Lipinski definition) is 1. The van der Waals surface area contributed by atoms with E-state index in [2.05, 4.69) is 0 Å². The molecule has 2 saturated heterocycles. The number of carbonyl (C=O) groups is 1. The fraction of sp³-hybridized carbons (Fsp3) is 0.632. The van der Waals surface area contributed by atoms with E-state index in [-0.39, 0.29) is 13.2 Å². The van der Waals surface area contributed by atoms with Gasteiger partial charge in [-0.3, -0.25) is 0 Å². The Balaban J connectivity index is 1.77. The van der Waals surface area contributed by atoms with Crippen molar-refractivity contribution in [3.05, 3.63) is 35.9 Å². The number of ether oxygens (including phenoxy) is 5. The molecule has 144 valence electrons. The van der Waals surface area contributed by atoms with Crippen LogP contribution in [0.2, 0.25) is 0 Å². The van der Waals surface area contributed by atoms with Gasteiger partial charge in [0.1, 0.15) is 18.3 Å². The average molecular weight is 366 g/mol. The molecule has 0 aromatic heterocycles. The molecule has 26 heavy (non-hydrogen) atoms. The maximum absolute atomic E-state index is 12.5. The van der Waals surface area contributed by atoms with Crippen molar-refractivity contribution in [2.75, 3.05) is 13.2 Å². The predicted octanol–water partition coefficient (Wildman–Crippen LogP) is 1.88. The SMILES string of the molecule is CC1(C)OCC(C(O)C(OC(=O)c2ccccc2)C2COC(C)(C)O2)O1. The van der Waals surface area contributed by atoms with Crippen LogP contribution in [-0.4, -0.2) is 60.3 Å². The Hall–Kier alpha value is -1.51. The van der Waals surface area contributed by atoms with Gasteiger partial charge in [-0.25, -0.2) is 4.79 Å². The lowest BCUT2D eigenvalue weighted by atomic mass is 10.0. The van der Waals surface area contributed by atoms with Crippen LogP contribution in [0.15, 0.2) is 30.3 Å². The third-order valence-electron chi connectivity index (χ3n) is 4.40. The van der Waals surface area contributed by atoms with Crippen LogP contribution in [0.4, 0.5) is 0 Å². The summed E-state index contributed by atoms with van der Waals surface area (Å²) < 4.78 is 28.3.